The van der Waals surface area contributed by atoms with E-state index >= 15 is 0 Å². The van der Waals surface area contributed by atoms with Gasteiger partial charge in [-0.05, 0) is 105 Å². The fourth-order valence-corrected chi connectivity index (χ4v) is 10.5. The van der Waals surface area contributed by atoms with Crippen molar-refractivity contribution in [3.05, 3.63) is 200 Å². The molecule has 0 amide bonds. The first-order chi connectivity index (χ1) is 27.2. The topological polar surface area (TPSA) is 3.24 Å². The fraction of sp³-hybridized carbons (Fsp3) is 0. The molecule has 11 aromatic rings. The van der Waals surface area contributed by atoms with Gasteiger partial charge in [-0.3, -0.25) is 0 Å². The zero-order valence-corrected chi connectivity index (χ0v) is 31.4. The van der Waals surface area contributed by atoms with Crippen LogP contribution in [0.25, 0.3) is 84.5 Å². The Morgan fingerprint density at radius 1 is 0.309 bits per heavy atom. The van der Waals surface area contributed by atoms with Crippen LogP contribution in [0.15, 0.2) is 200 Å². The third kappa shape index (κ3) is 5.51. The van der Waals surface area contributed by atoms with Gasteiger partial charge < -0.3 is 4.90 Å². The molecule has 0 radical (unpaired) electrons. The molecule has 0 bridgehead atoms. The number of rotatable bonds is 6. The van der Waals surface area contributed by atoms with Gasteiger partial charge in [-0.25, -0.2) is 0 Å². The number of anilines is 3. The van der Waals surface area contributed by atoms with Crippen molar-refractivity contribution in [2.75, 3.05) is 4.90 Å². The minimum absolute atomic E-state index is 1.12. The minimum Gasteiger partial charge on any atom is -0.309 e. The zero-order valence-electron chi connectivity index (χ0n) is 29.8. The van der Waals surface area contributed by atoms with E-state index in [4.69, 9.17) is 0 Å². The average Bonchev–Trinajstić information content (AvgIpc) is 3.83. The van der Waals surface area contributed by atoms with Crippen LogP contribution in [-0.4, -0.2) is 0 Å². The third-order valence-corrected chi connectivity index (χ3v) is 13.2. The van der Waals surface area contributed by atoms with Gasteiger partial charge in [0.15, 0.2) is 0 Å². The van der Waals surface area contributed by atoms with Crippen molar-refractivity contribution in [2.45, 2.75) is 0 Å². The molecule has 55 heavy (non-hydrogen) atoms. The van der Waals surface area contributed by atoms with Crippen LogP contribution in [0.5, 0.6) is 0 Å². The summed E-state index contributed by atoms with van der Waals surface area (Å²) in [6, 6.07) is 73.6. The van der Waals surface area contributed by atoms with Gasteiger partial charge in [0.25, 0.3) is 0 Å². The first kappa shape index (κ1) is 32.0. The molecular formula is C52H33NS2. The first-order valence-electron chi connectivity index (χ1n) is 18.7. The predicted octanol–water partition coefficient (Wildman–Crippen LogP) is 16.0. The molecule has 0 aliphatic rings. The van der Waals surface area contributed by atoms with E-state index in [1.165, 1.54) is 90.2 Å². The van der Waals surface area contributed by atoms with Gasteiger partial charge in [-0.15, -0.1) is 22.7 Å². The maximum absolute atomic E-state index is 2.47. The van der Waals surface area contributed by atoms with Gasteiger partial charge in [0, 0.05) is 47.0 Å². The summed E-state index contributed by atoms with van der Waals surface area (Å²) in [4.78, 5) is 2.47. The molecule has 2 heterocycles. The van der Waals surface area contributed by atoms with Gasteiger partial charge in [0.1, 0.15) is 0 Å². The zero-order chi connectivity index (χ0) is 36.3. The van der Waals surface area contributed by atoms with E-state index in [2.05, 4.69) is 205 Å². The second-order valence-corrected chi connectivity index (χ2v) is 16.2. The molecule has 2 aromatic heterocycles. The lowest BCUT2D eigenvalue weighted by Gasteiger charge is -2.27. The van der Waals surface area contributed by atoms with E-state index < -0.39 is 0 Å². The molecule has 0 spiro atoms. The van der Waals surface area contributed by atoms with Crippen LogP contribution in [0.3, 0.4) is 0 Å². The Balaban J connectivity index is 1.15. The van der Waals surface area contributed by atoms with E-state index in [-0.39, 0.29) is 0 Å². The van der Waals surface area contributed by atoms with Gasteiger partial charge in [-0.2, -0.15) is 0 Å². The fourth-order valence-electron chi connectivity index (χ4n) is 8.21. The largest absolute Gasteiger partial charge is 0.309 e. The molecular weight excluding hydrogens is 703 g/mol. The molecule has 0 aliphatic heterocycles. The van der Waals surface area contributed by atoms with Gasteiger partial charge in [-0.1, -0.05) is 140 Å². The molecule has 0 saturated heterocycles. The number of hydrogen-bond acceptors (Lipinski definition) is 3. The van der Waals surface area contributed by atoms with Crippen molar-refractivity contribution in [1.29, 1.82) is 0 Å². The Morgan fingerprint density at radius 3 is 1.73 bits per heavy atom. The Bertz CT molecular complexity index is 3200. The summed E-state index contributed by atoms with van der Waals surface area (Å²) < 4.78 is 5.21. The number of benzene rings is 9. The predicted molar refractivity (Wildman–Crippen MR) is 241 cm³/mol. The molecule has 11 rings (SSSR count). The Kier molecular flexibility index (Phi) is 7.61. The van der Waals surface area contributed by atoms with Crippen LogP contribution in [0.1, 0.15) is 0 Å². The highest BCUT2D eigenvalue weighted by Gasteiger charge is 2.20. The van der Waals surface area contributed by atoms with Gasteiger partial charge in [0.2, 0.25) is 0 Å². The van der Waals surface area contributed by atoms with Crippen LogP contribution in [0, 0.1) is 0 Å². The van der Waals surface area contributed by atoms with Gasteiger partial charge >= 0.3 is 0 Å². The van der Waals surface area contributed by atoms with E-state index in [1.807, 2.05) is 22.7 Å². The molecule has 0 unspecified atom stereocenters. The van der Waals surface area contributed by atoms with Crippen molar-refractivity contribution in [2.24, 2.45) is 0 Å². The normalized spacial score (nSPS) is 11.6. The molecule has 0 N–H and O–H groups in total. The summed E-state index contributed by atoms with van der Waals surface area (Å²) >= 11 is 3.74. The van der Waals surface area contributed by atoms with Crippen LogP contribution >= 0.6 is 22.7 Å². The highest BCUT2D eigenvalue weighted by Crippen LogP contribution is 2.47. The summed E-state index contributed by atoms with van der Waals surface area (Å²) in [6.07, 6.45) is 0. The summed E-state index contributed by atoms with van der Waals surface area (Å²) in [5, 5.41) is 7.71. The van der Waals surface area contributed by atoms with Crippen LogP contribution in [0.2, 0.25) is 0 Å². The SMILES string of the molecule is c1ccc(-c2cc(-c3ccc4sc5ccccc5c4c3)cc(N(c3ccc(-c4cccc5ccccc45)cc3)c3cccc4c3sc3ccccc34)c2)cc1. The maximum Gasteiger partial charge on any atom is 0.0640 e. The van der Waals surface area contributed by atoms with E-state index in [9.17, 15) is 0 Å². The summed E-state index contributed by atoms with van der Waals surface area (Å²) in [5.41, 5.74) is 10.6. The highest BCUT2D eigenvalue weighted by atomic mass is 32.1. The van der Waals surface area contributed by atoms with Crippen molar-refractivity contribution in [1.82, 2.24) is 0 Å². The van der Waals surface area contributed by atoms with E-state index in [0.29, 0.717) is 0 Å². The van der Waals surface area contributed by atoms with Gasteiger partial charge in [0.05, 0.1) is 10.4 Å². The highest BCUT2D eigenvalue weighted by molar-refractivity contribution is 7.26. The van der Waals surface area contributed by atoms with Crippen LogP contribution in [0.4, 0.5) is 17.1 Å². The Morgan fingerprint density at radius 2 is 0.909 bits per heavy atom. The second kappa shape index (κ2) is 13.1. The average molecular weight is 736 g/mol. The molecule has 9 aromatic carbocycles. The Hall–Kier alpha value is -6.52. The number of nitrogens with zero attached hydrogens (tertiary/aromatic N) is 1. The van der Waals surface area contributed by atoms with Crippen molar-refractivity contribution in [3.63, 3.8) is 0 Å². The molecule has 0 atom stereocenters. The summed E-state index contributed by atoms with van der Waals surface area (Å²) in [7, 11) is 0. The van der Waals surface area contributed by atoms with Crippen LogP contribution < -0.4 is 4.90 Å². The molecule has 1 nitrogen and oxygen atoms in total. The molecule has 258 valence electrons. The van der Waals surface area contributed by atoms with Crippen molar-refractivity contribution < 1.29 is 0 Å². The molecule has 3 heteroatoms. The van der Waals surface area contributed by atoms with Crippen molar-refractivity contribution >= 4 is 90.9 Å². The van der Waals surface area contributed by atoms with E-state index in [1.54, 1.807) is 0 Å². The molecule has 0 saturated carbocycles. The first-order valence-corrected chi connectivity index (χ1v) is 20.3. The van der Waals surface area contributed by atoms with Crippen LogP contribution in [-0.2, 0) is 0 Å². The number of fused-ring (bicyclic) bond motifs is 7. The van der Waals surface area contributed by atoms with E-state index in [0.717, 1.165) is 11.4 Å². The molecule has 0 fully saturated rings. The maximum atomic E-state index is 2.47. The standard InChI is InChI=1S/C52H33NS2/c1-2-12-34(13-3-1)38-30-39(37-26-29-51-47(33-37)45-18-7-8-22-49(45)54-51)32-41(31-38)53(48-21-11-20-46-44-17-6-9-23-50(44)55-52(46)48)40-27-24-36(25-28-40)43-19-10-15-35-14-4-5-16-42(35)43/h1-33H. The summed E-state index contributed by atoms with van der Waals surface area (Å²) in [5.74, 6) is 0. The third-order valence-electron chi connectivity index (χ3n) is 10.8. The molecule has 0 aliphatic carbocycles. The lowest BCUT2D eigenvalue weighted by Crippen LogP contribution is -2.10. The smallest absolute Gasteiger partial charge is 0.0640 e. The van der Waals surface area contributed by atoms with Crippen molar-refractivity contribution in [3.8, 4) is 33.4 Å². The number of hydrogen-bond donors (Lipinski definition) is 0. The minimum atomic E-state index is 1.12. The quantitative estimate of drug-likeness (QED) is 0.164. The number of thiophene rings is 2. The monoisotopic (exact) mass is 735 g/mol. The summed E-state index contributed by atoms with van der Waals surface area (Å²) in [6.45, 7) is 0. The lowest BCUT2D eigenvalue weighted by atomic mass is 9.96. The second-order valence-electron chi connectivity index (χ2n) is 14.1. The lowest BCUT2D eigenvalue weighted by molar-refractivity contribution is 1.30. The Labute approximate surface area is 327 Å².